The number of carbonyl (C=O) groups is 2. The molecular formula is C22H19N3O5. The molecule has 8 nitrogen and oxygen atoms in total. The van der Waals surface area contributed by atoms with E-state index in [0.717, 1.165) is 23.4 Å². The zero-order valence-corrected chi connectivity index (χ0v) is 16.2. The summed E-state index contributed by atoms with van der Waals surface area (Å²) in [6.45, 7) is 1.83. The molecular weight excluding hydrogens is 386 g/mol. The maximum atomic E-state index is 12.8. The molecule has 0 unspecified atom stereocenters. The van der Waals surface area contributed by atoms with Crippen molar-refractivity contribution >= 4 is 23.7 Å². The van der Waals surface area contributed by atoms with Crippen molar-refractivity contribution in [1.82, 2.24) is 5.01 Å². The molecule has 1 saturated carbocycles. The van der Waals surface area contributed by atoms with Crippen LogP contribution in [-0.4, -0.2) is 28.0 Å². The van der Waals surface area contributed by atoms with Gasteiger partial charge in [0.2, 0.25) is 0 Å². The van der Waals surface area contributed by atoms with E-state index < -0.39 is 4.92 Å². The zero-order valence-electron chi connectivity index (χ0n) is 16.2. The van der Waals surface area contributed by atoms with Gasteiger partial charge in [-0.2, -0.15) is 10.1 Å². The first kappa shape index (κ1) is 18.5. The van der Waals surface area contributed by atoms with Crippen LogP contribution in [0.2, 0.25) is 0 Å². The second kappa shape index (κ2) is 6.76. The van der Waals surface area contributed by atoms with E-state index in [1.807, 2.05) is 6.92 Å². The van der Waals surface area contributed by atoms with Crippen molar-refractivity contribution in [2.75, 3.05) is 0 Å². The number of carbonyl (C=O) groups excluding carboxylic acids is 2. The van der Waals surface area contributed by atoms with Crippen LogP contribution in [0.5, 0.6) is 0 Å². The number of nitro benzene ring substituents is 1. The Kier molecular flexibility index (Phi) is 4.16. The molecule has 0 radical (unpaired) electrons. The van der Waals surface area contributed by atoms with Crippen molar-refractivity contribution in [1.29, 1.82) is 0 Å². The number of amides is 2. The van der Waals surface area contributed by atoms with Gasteiger partial charge in [-0.1, -0.05) is 18.2 Å². The molecule has 2 aromatic rings. The van der Waals surface area contributed by atoms with Gasteiger partial charge in [0, 0.05) is 17.7 Å². The maximum Gasteiger partial charge on any atom is 0.270 e. The van der Waals surface area contributed by atoms with Gasteiger partial charge < -0.3 is 4.42 Å². The summed E-state index contributed by atoms with van der Waals surface area (Å²) in [4.78, 5) is 36.2. The number of aryl methyl sites for hydroxylation is 1. The second-order valence-corrected chi connectivity index (χ2v) is 8.03. The maximum absolute atomic E-state index is 12.8. The Labute approximate surface area is 172 Å². The van der Waals surface area contributed by atoms with Crippen LogP contribution < -0.4 is 0 Å². The van der Waals surface area contributed by atoms with Crippen LogP contribution in [0.25, 0.3) is 11.3 Å². The first-order chi connectivity index (χ1) is 14.4. The Bertz CT molecular complexity index is 1100. The topological polar surface area (TPSA) is 106 Å². The monoisotopic (exact) mass is 405 g/mol. The summed E-state index contributed by atoms with van der Waals surface area (Å²) in [5.41, 5.74) is 1.41. The summed E-state index contributed by atoms with van der Waals surface area (Å²) in [5.74, 6) is -0.0769. The van der Waals surface area contributed by atoms with E-state index in [9.17, 15) is 19.7 Å². The number of hydrazone groups is 1. The standard InChI is InChI=1S/C22H19N3O5/c1-12-2-7-15(25(28)29)10-17(12)18-9-8-16(30-18)11-23-24-21(26)19-13-3-4-14(6-5-13)20(19)22(24)27/h2-4,7-11,13-14,19-20H,5-6H2,1H3/b23-11-/t13-,14+,19-,20+. The van der Waals surface area contributed by atoms with E-state index in [2.05, 4.69) is 17.3 Å². The van der Waals surface area contributed by atoms with Gasteiger partial charge in [0.15, 0.2) is 0 Å². The Morgan fingerprint density at radius 2 is 1.77 bits per heavy atom. The molecule has 2 fully saturated rings. The number of nitrogens with zero attached hydrogens (tertiary/aromatic N) is 3. The Morgan fingerprint density at radius 1 is 1.10 bits per heavy atom. The summed E-state index contributed by atoms with van der Waals surface area (Å²) in [6.07, 6.45) is 7.34. The highest BCUT2D eigenvalue weighted by Gasteiger charge is 2.56. The molecule has 0 spiro atoms. The van der Waals surface area contributed by atoms with Gasteiger partial charge in [0.1, 0.15) is 11.5 Å². The lowest BCUT2D eigenvalue weighted by molar-refractivity contribution is -0.384. The molecule has 2 amide bonds. The van der Waals surface area contributed by atoms with Gasteiger partial charge in [-0.3, -0.25) is 19.7 Å². The van der Waals surface area contributed by atoms with E-state index in [0.29, 0.717) is 17.1 Å². The number of fused-ring (bicyclic) bond motifs is 1. The van der Waals surface area contributed by atoms with Crippen LogP contribution in [0, 0.1) is 40.7 Å². The minimum absolute atomic E-state index is 0.0266. The fourth-order valence-corrected chi connectivity index (χ4v) is 4.84. The van der Waals surface area contributed by atoms with Gasteiger partial charge >= 0.3 is 0 Å². The van der Waals surface area contributed by atoms with Crippen molar-refractivity contribution in [2.24, 2.45) is 28.8 Å². The summed E-state index contributed by atoms with van der Waals surface area (Å²) in [7, 11) is 0. The highest BCUT2D eigenvalue weighted by atomic mass is 16.6. The van der Waals surface area contributed by atoms with Crippen LogP contribution in [0.1, 0.15) is 24.2 Å². The molecule has 1 aromatic heterocycles. The quantitative estimate of drug-likeness (QED) is 0.254. The number of hydrogen-bond donors (Lipinski definition) is 0. The molecule has 0 N–H and O–H groups in total. The third-order valence-electron chi connectivity index (χ3n) is 6.36. The SMILES string of the molecule is Cc1ccc([N+](=O)[O-])cc1-c1ccc(/C=N\N2C(=O)[C@@H]3[C@H](C2=O)[C@@H]2C=C[C@H]3CC2)o1. The van der Waals surface area contributed by atoms with Crippen molar-refractivity contribution in [3.05, 3.63) is 63.9 Å². The molecule has 2 bridgehead atoms. The van der Waals surface area contributed by atoms with E-state index in [4.69, 9.17) is 4.42 Å². The lowest BCUT2D eigenvalue weighted by Crippen LogP contribution is -2.38. The molecule has 1 aromatic carbocycles. The van der Waals surface area contributed by atoms with Crippen LogP contribution in [0.3, 0.4) is 0 Å². The minimum atomic E-state index is -0.458. The lowest BCUT2D eigenvalue weighted by atomic mass is 9.63. The highest BCUT2D eigenvalue weighted by Crippen LogP contribution is 2.49. The first-order valence-electron chi connectivity index (χ1n) is 9.89. The fourth-order valence-electron chi connectivity index (χ4n) is 4.84. The number of nitro groups is 1. The van der Waals surface area contributed by atoms with Gasteiger partial charge in [-0.25, -0.2) is 0 Å². The molecule has 1 aliphatic heterocycles. The van der Waals surface area contributed by atoms with Gasteiger partial charge in [-0.05, 0) is 49.3 Å². The minimum Gasteiger partial charge on any atom is -0.455 e. The average Bonchev–Trinajstić information content (AvgIpc) is 3.32. The smallest absolute Gasteiger partial charge is 0.270 e. The van der Waals surface area contributed by atoms with Gasteiger partial charge in [-0.15, -0.1) is 0 Å². The van der Waals surface area contributed by atoms with Crippen LogP contribution in [-0.2, 0) is 9.59 Å². The molecule has 152 valence electrons. The summed E-state index contributed by atoms with van der Waals surface area (Å²) in [5, 5.41) is 16.2. The Morgan fingerprint density at radius 3 is 2.37 bits per heavy atom. The molecule has 4 aliphatic rings. The van der Waals surface area contributed by atoms with Crippen molar-refractivity contribution in [2.45, 2.75) is 19.8 Å². The van der Waals surface area contributed by atoms with E-state index in [1.54, 1.807) is 18.2 Å². The van der Waals surface area contributed by atoms with E-state index >= 15 is 0 Å². The molecule has 1 saturated heterocycles. The van der Waals surface area contributed by atoms with Crippen LogP contribution >= 0.6 is 0 Å². The Hall–Kier alpha value is -3.55. The molecule has 4 atom stereocenters. The van der Waals surface area contributed by atoms with Crippen molar-refractivity contribution in [3.8, 4) is 11.3 Å². The van der Waals surface area contributed by atoms with Gasteiger partial charge in [0.05, 0.1) is 23.0 Å². The molecule has 6 rings (SSSR count). The van der Waals surface area contributed by atoms with E-state index in [1.165, 1.54) is 18.3 Å². The third kappa shape index (κ3) is 2.79. The summed E-state index contributed by atoms with van der Waals surface area (Å²) >= 11 is 0. The first-order valence-corrected chi connectivity index (χ1v) is 9.89. The van der Waals surface area contributed by atoms with Gasteiger partial charge in [0.25, 0.3) is 17.5 Å². The number of allylic oxidation sites excluding steroid dienone is 2. The number of non-ortho nitro benzene ring substituents is 1. The number of benzene rings is 1. The average molecular weight is 405 g/mol. The molecule has 30 heavy (non-hydrogen) atoms. The lowest BCUT2D eigenvalue weighted by Gasteiger charge is -2.37. The largest absolute Gasteiger partial charge is 0.455 e. The Balaban J connectivity index is 1.39. The normalized spacial score (nSPS) is 27.3. The predicted octanol–water partition coefficient (Wildman–Crippen LogP) is 3.69. The second-order valence-electron chi connectivity index (χ2n) is 8.03. The predicted molar refractivity (Wildman–Crippen MR) is 107 cm³/mol. The molecule has 3 aliphatic carbocycles. The number of furan rings is 1. The van der Waals surface area contributed by atoms with Crippen LogP contribution in [0.15, 0.2) is 52.0 Å². The third-order valence-corrected chi connectivity index (χ3v) is 6.36. The van der Waals surface area contributed by atoms with Crippen molar-refractivity contribution < 1.29 is 18.9 Å². The van der Waals surface area contributed by atoms with E-state index in [-0.39, 0.29) is 41.2 Å². The summed E-state index contributed by atoms with van der Waals surface area (Å²) < 4.78 is 5.76. The number of imide groups is 1. The van der Waals surface area contributed by atoms with Crippen LogP contribution in [0.4, 0.5) is 5.69 Å². The van der Waals surface area contributed by atoms with Crippen molar-refractivity contribution in [3.63, 3.8) is 0 Å². The molecule has 8 heteroatoms. The highest BCUT2D eigenvalue weighted by molar-refractivity contribution is 6.06. The fraction of sp³-hybridized carbons (Fsp3) is 0.318. The number of hydrogen-bond acceptors (Lipinski definition) is 6. The molecule has 2 heterocycles. The zero-order chi connectivity index (χ0) is 21.0. The summed E-state index contributed by atoms with van der Waals surface area (Å²) in [6, 6.07) is 7.90. The number of rotatable bonds is 4.